The van der Waals surface area contributed by atoms with Gasteiger partial charge in [0.05, 0.1) is 23.0 Å². The lowest BCUT2D eigenvalue weighted by Crippen LogP contribution is -2.20. The lowest BCUT2D eigenvalue weighted by Gasteiger charge is -2.17. The fourth-order valence-electron chi connectivity index (χ4n) is 4.01. The summed E-state index contributed by atoms with van der Waals surface area (Å²) in [6.07, 6.45) is 0. The molecule has 2 aromatic carbocycles. The number of aryl methyl sites for hydroxylation is 1. The minimum absolute atomic E-state index is 0.108. The molecule has 0 saturated carbocycles. The monoisotopic (exact) mass is 494 g/mol. The highest BCUT2D eigenvalue weighted by atomic mass is 32.2. The summed E-state index contributed by atoms with van der Waals surface area (Å²) in [6, 6.07) is 11.9. The van der Waals surface area contributed by atoms with Crippen LogP contribution >= 0.6 is 0 Å². The normalized spacial score (nSPS) is 12.3. The summed E-state index contributed by atoms with van der Waals surface area (Å²) in [5.74, 6) is 4.27. The first-order valence-corrected chi connectivity index (χ1v) is 12.2. The highest BCUT2D eigenvalue weighted by Crippen LogP contribution is 2.29. The van der Waals surface area contributed by atoms with Gasteiger partial charge in [-0.05, 0) is 61.7 Å². The van der Waals surface area contributed by atoms with Crippen molar-refractivity contribution >= 4 is 26.9 Å². The number of halogens is 1. The number of fused-ring (bicyclic) bond motifs is 1. The van der Waals surface area contributed by atoms with Gasteiger partial charge in [0, 0.05) is 11.6 Å². The van der Waals surface area contributed by atoms with E-state index in [1.165, 1.54) is 22.8 Å². The number of benzene rings is 2. The lowest BCUT2D eigenvalue weighted by molar-refractivity contribution is 0.489. The second-order valence-electron chi connectivity index (χ2n) is 7.98. The van der Waals surface area contributed by atoms with Crippen LogP contribution in [-0.4, -0.2) is 24.5 Å². The van der Waals surface area contributed by atoms with Crippen molar-refractivity contribution in [3.8, 4) is 11.8 Å². The van der Waals surface area contributed by atoms with Crippen LogP contribution < -0.4 is 16.2 Å². The van der Waals surface area contributed by atoms with E-state index in [0.29, 0.717) is 11.1 Å². The average molecular weight is 495 g/mol. The zero-order valence-corrected chi connectivity index (χ0v) is 20.1. The molecule has 180 valence electrons. The van der Waals surface area contributed by atoms with Crippen molar-refractivity contribution < 1.29 is 17.2 Å². The van der Waals surface area contributed by atoms with Crippen molar-refractivity contribution in [2.45, 2.75) is 31.7 Å². The van der Waals surface area contributed by atoms with Gasteiger partial charge in [-0.3, -0.25) is 9.29 Å². The number of sulfonamides is 1. The fraction of sp³-hybridized carbons (Fsp3) is 0.200. The van der Waals surface area contributed by atoms with Crippen molar-refractivity contribution in [1.29, 1.82) is 0 Å². The topological polar surface area (TPSA) is 120 Å². The van der Waals surface area contributed by atoms with Gasteiger partial charge in [-0.25, -0.2) is 18.2 Å². The Balaban J connectivity index is 1.79. The highest BCUT2D eigenvalue weighted by molar-refractivity contribution is 7.92. The Bertz CT molecular complexity index is 1660. The Morgan fingerprint density at radius 3 is 2.66 bits per heavy atom. The van der Waals surface area contributed by atoms with Crippen LogP contribution in [0.2, 0.25) is 0 Å². The summed E-state index contributed by atoms with van der Waals surface area (Å²) in [5.41, 5.74) is 9.00. The third-order valence-electron chi connectivity index (χ3n) is 5.69. The molecule has 10 heteroatoms. The van der Waals surface area contributed by atoms with Crippen molar-refractivity contribution in [2.24, 2.45) is 5.73 Å². The first-order valence-electron chi connectivity index (χ1n) is 10.7. The van der Waals surface area contributed by atoms with Crippen LogP contribution in [0.15, 0.2) is 62.6 Å². The maximum Gasteiger partial charge on any atom is 0.420 e. The summed E-state index contributed by atoms with van der Waals surface area (Å²) >= 11 is 0. The van der Waals surface area contributed by atoms with Gasteiger partial charge in [0.25, 0.3) is 10.0 Å². The zero-order chi connectivity index (χ0) is 25.3. The quantitative estimate of drug-likeness (QED) is 0.324. The van der Waals surface area contributed by atoms with Crippen LogP contribution in [0.1, 0.15) is 35.2 Å². The van der Waals surface area contributed by atoms with Gasteiger partial charge in [0.1, 0.15) is 5.82 Å². The van der Waals surface area contributed by atoms with Crippen LogP contribution in [0.3, 0.4) is 0 Å². The minimum atomic E-state index is -4.13. The number of nitrogens with two attached hydrogens (primary N) is 1. The Hall–Kier alpha value is -3.94. The van der Waals surface area contributed by atoms with E-state index in [1.54, 1.807) is 13.0 Å². The molecule has 0 radical (unpaired) electrons. The van der Waals surface area contributed by atoms with Gasteiger partial charge >= 0.3 is 5.76 Å². The molecule has 0 bridgehead atoms. The smallest absolute Gasteiger partial charge is 0.408 e. The molecular weight excluding hydrogens is 471 g/mol. The van der Waals surface area contributed by atoms with Crippen molar-refractivity contribution in [3.05, 3.63) is 87.3 Å². The van der Waals surface area contributed by atoms with Gasteiger partial charge < -0.3 is 10.2 Å². The molecule has 0 spiro atoms. The predicted octanol–water partition coefficient (Wildman–Crippen LogP) is 3.47. The van der Waals surface area contributed by atoms with E-state index in [2.05, 4.69) is 21.5 Å². The fourth-order valence-corrected chi connectivity index (χ4v) is 5.25. The molecule has 35 heavy (non-hydrogen) atoms. The number of oxazole rings is 1. The second-order valence-corrected chi connectivity index (χ2v) is 9.63. The van der Waals surface area contributed by atoms with Crippen LogP contribution in [0.4, 0.5) is 10.2 Å². The number of aromatic nitrogens is 2. The first-order chi connectivity index (χ1) is 16.6. The minimum Gasteiger partial charge on any atom is -0.408 e. The Morgan fingerprint density at radius 2 is 1.94 bits per heavy atom. The summed E-state index contributed by atoms with van der Waals surface area (Å²) in [6.45, 7) is 5.62. The molecule has 0 fully saturated rings. The molecule has 1 unspecified atom stereocenters. The molecule has 1 atom stereocenters. The Labute approximate surface area is 201 Å². The Kier molecular flexibility index (Phi) is 6.47. The zero-order valence-electron chi connectivity index (χ0n) is 19.3. The number of rotatable bonds is 5. The molecule has 8 nitrogen and oxygen atoms in total. The van der Waals surface area contributed by atoms with E-state index in [0.717, 1.165) is 22.8 Å². The average Bonchev–Trinajstić information content (AvgIpc) is 3.11. The molecule has 4 aromatic rings. The highest BCUT2D eigenvalue weighted by Gasteiger charge is 2.24. The lowest BCUT2D eigenvalue weighted by atomic mass is 9.97. The van der Waals surface area contributed by atoms with E-state index in [9.17, 15) is 17.6 Å². The standard InChI is InChI=1S/C25H23FN4O4S/c1-15-13-20-21(14-22(15)35(32,33)29-24-11-5-10-23(26)28-24)34-25(31)30(20)17(3)19-9-4-7-18(16(19)2)8-6-12-27/h4-5,7,9-11,13-14,17H,12,27H2,1-3H3,(H,28,29). The molecule has 3 N–H and O–H groups in total. The molecule has 0 saturated heterocycles. The van der Waals surface area contributed by atoms with Crippen LogP contribution in [0, 0.1) is 31.6 Å². The summed E-state index contributed by atoms with van der Waals surface area (Å²) in [4.78, 5) is 16.3. The largest absolute Gasteiger partial charge is 0.420 e. The van der Waals surface area contributed by atoms with Gasteiger partial charge in [-0.1, -0.05) is 30.0 Å². The first kappa shape index (κ1) is 24.2. The molecule has 0 aliphatic carbocycles. The van der Waals surface area contributed by atoms with Crippen molar-refractivity contribution in [2.75, 3.05) is 11.3 Å². The Morgan fingerprint density at radius 1 is 1.20 bits per heavy atom. The van der Waals surface area contributed by atoms with Gasteiger partial charge in [-0.15, -0.1) is 0 Å². The van der Waals surface area contributed by atoms with Crippen LogP contribution in [-0.2, 0) is 10.0 Å². The molecule has 0 aliphatic rings. The maximum absolute atomic E-state index is 13.4. The number of anilines is 1. The summed E-state index contributed by atoms with van der Waals surface area (Å²) in [5, 5.41) is 0. The predicted molar refractivity (Wildman–Crippen MR) is 131 cm³/mol. The number of nitrogens with zero attached hydrogens (tertiary/aromatic N) is 2. The summed E-state index contributed by atoms with van der Waals surface area (Å²) in [7, 11) is -4.13. The molecule has 2 aromatic heterocycles. The van der Waals surface area contributed by atoms with E-state index >= 15 is 0 Å². The van der Waals surface area contributed by atoms with Crippen LogP contribution in [0.5, 0.6) is 0 Å². The third-order valence-corrected chi connectivity index (χ3v) is 7.19. The van der Waals surface area contributed by atoms with E-state index < -0.39 is 27.8 Å². The third kappa shape index (κ3) is 4.69. The number of hydrogen-bond donors (Lipinski definition) is 2. The van der Waals surface area contributed by atoms with E-state index in [4.69, 9.17) is 10.2 Å². The number of nitrogens with one attached hydrogen (secondary N) is 1. The van der Waals surface area contributed by atoms with Crippen molar-refractivity contribution in [3.63, 3.8) is 0 Å². The SMILES string of the molecule is Cc1cc2c(cc1S(=O)(=O)Nc1cccc(F)n1)oc(=O)n2C(C)c1cccc(C#CCN)c1C. The van der Waals surface area contributed by atoms with E-state index in [1.807, 2.05) is 32.0 Å². The molecule has 0 aliphatic heterocycles. The number of pyridine rings is 1. The van der Waals surface area contributed by atoms with Gasteiger partial charge in [0.2, 0.25) is 5.95 Å². The molecular formula is C25H23FN4O4S. The van der Waals surface area contributed by atoms with Gasteiger partial charge in [-0.2, -0.15) is 4.39 Å². The molecule has 0 amide bonds. The van der Waals surface area contributed by atoms with Gasteiger partial charge in [0.15, 0.2) is 5.58 Å². The van der Waals surface area contributed by atoms with Crippen LogP contribution in [0.25, 0.3) is 11.1 Å². The number of hydrogen-bond acceptors (Lipinski definition) is 6. The van der Waals surface area contributed by atoms with E-state index in [-0.39, 0.29) is 22.8 Å². The molecule has 4 rings (SSSR count). The second kappa shape index (κ2) is 9.37. The summed E-state index contributed by atoms with van der Waals surface area (Å²) < 4.78 is 48.5. The maximum atomic E-state index is 13.4. The van der Waals surface area contributed by atoms with Crippen molar-refractivity contribution in [1.82, 2.24) is 9.55 Å². The molecule has 2 heterocycles.